The lowest BCUT2D eigenvalue weighted by molar-refractivity contribution is 0.174. The summed E-state index contributed by atoms with van der Waals surface area (Å²) in [6, 6.07) is 0.760. The summed E-state index contributed by atoms with van der Waals surface area (Å²) >= 11 is 0. The normalized spacial score (nSPS) is 32.7. The second-order valence-electron chi connectivity index (χ2n) is 3.85. The summed E-state index contributed by atoms with van der Waals surface area (Å²) in [5, 5.41) is 0. The van der Waals surface area contributed by atoms with Crippen LogP contribution in [0.1, 0.15) is 32.6 Å². The zero-order valence-corrected chi connectivity index (χ0v) is 7.71. The molecular weight excluding hydrogens is 136 g/mol. The molecular formula is C9H20N2. The van der Waals surface area contributed by atoms with E-state index in [0.29, 0.717) is 6.67 Å². The third kappa shape index (κ3) is 2.46. The largest absolute Gasteiger partial charge is 0.318 e. The molecule has 2 heteroatoms. The maximum Gasteiger partial charge on any atom is 0.0455 e. The van der Waals surface area contributed by atoms with E-state index < -0.39 is 0 Å². The molecule has 0 aliphatic heterocycles. The van der Waals surface area contributed by atoms with Crippen LogP contribution in [0.4, 0.5) is 0 Å². The molecule has 2 nitrogen and oxygen atoms in total. The predicted octanol–water partition coefficient (Wildman–Crippen LogP) is 1.41. The first kappa shape index (κ1) is 9.01. The van der Waals surface area contributed by atoms with Crippen LogP contribution in [0.3, 0.4) is 0 Å². The molecule has 0 unspecified atom stereocenters. The Kier molecular flexibility index (Phi) is 3.34. The highest BCUT2D eigenvalue weighted by atomic mass is 15.2. The Bertz CT molecular complexity index is 106. The zero-order chi connectivity index (χ0) is 8.27. The second-order valence-corrected chi connectivity index (χ2v) is 3.85. The van der Waals surface area contributed by atoms with E-state index in [1.54, 1.807) is 0 Å². The van der Waals surface area contributed by atoms with E-state index in [0.717, 1.165) is 12.0 Å². The highest BCUT2D eigenvalue weighted by molar-refractivity contribution is 4.75. The van der Waals surface area contributed by atoms with Gasteiger partial charge in [-0.1, -0.05) is 6.92 Å². The van der Waals surface area contributed by atoms with E-state index in [4.69, 9.17) is 5.73 Å². The lowest BCUT2D eigenvalue weighted by atomic mass is 9.87. The molecule has 0 amide bonds. The summed E-state index contributed by atoms with van der Waals surface area (Å²) < 4.78 is 0. The van der Waals surface area contributed by atoms with Crippen molar-refractivity contribution in [2.24, 2.45) is 11.7 Å². The number of nitrogens with zero attached hydrogens (tertiary/aromatic N) is 1. The van der Waals surface area contributed by atoms with Crippen LogP contribution in [-0.2, 0) is 0 Å². The number of hydrogen-bond donors (Lipinski definition) is 1. The lowest BCUT2D eigenvalue weighted by Gasteiger charge is -2.32. The molecule has 66 valence electrons. The topological polar surface area (TPSA) is 29.3 Å². The zero-order valence-electron chi connectivity index (χ0n) is 7.71. The van der Waals surface area contributed by atoms with Crippen LogP contribution >= 0.6 is 0 Å². The molecule has 2 N–H and O–H groups in total. The van der Waals surface area contributed by atoms with Gasteiger partial charge in [-0.25, -0.2) is 0 Å². The first-order valence-electron chi connectivity index (χ1n) is 4.64. The van der Waals surface area contributed by atoms with Crippen molar-refractivity contribution in [1.29, 1.82) is 0 Å². The monoisotopic (exact) mass is 156 g/mol. The summed E-state index contributed by atoms with van der Waals surface area (Å²) in [6.07, 6.45) is 5.45. The van der Waals surface area contributed by atoms with E-state index in [9.17, 15) is 0 Å². The Labute approximate surface area is 69.8 Å². The van der Waals surface area contributed by atoms with Gasteiger partial charge in [-0.05, 0) is 38.6 Å². The van der Waals surface area contributed by atoms with Gasteiger partial charge in [0.25, 0.3) is 0 Å². The third-order valence-corrected chi connectivity index (χ3v) is 2.90. The van der Waals surface area contributed by atoms with E-state index in [2.05, 4.69) is 18.9 Å². The summed E-state index contributed by atoms with van der Waals surface area (Å²) in [5.41, 5.74) is 5.56. The molecule has 1 saturated carbocycles. The summed E-state index contributed by atoms with van der Waals surface area (Å²) in [6.45, 7) is 3.05. The first-order valence-corrected chi connectivity index (χ1v) is 4.64. The molecule has 0 aromatic heterocycles. The molecule has 0 spiro atoms. The maximum atomic E-state index is 5.56. The fourth-order valence-corrected chi connectivity index (χ4v) is 1.83. The molecule has 0 aromatic carbocycles. The van der Waals surface area contributed by atoms with Gasteiger partial charge in [0.2, 0.25) is 0 Å². The lowest BCUT2D eigenvalue weighted by Crippen LogP contribution is -2.38. The van der Waals surface area contributed by atoms with Gasteiger partial charge in [-0.3, -0.25) is 4.90 Å². The molecule has 1 aliphatic carbocycles. The molecule has 0 heterocycles. The summed E-state index contributed by atoms with van der Waals surface area (Å²) in [7, 11) is 2.13. The Morgan fingerprint density at radius 3 is 2.27 bits per heavy atom. The molecule has 0 atom stereocenters. The molecule has 1 rings (SSSR count). The van der Waals surface area contributed by atoms with Gasteiger partial charge in [-0.2, -0.15) is 0 Å². The predicted molar refractivity (Wildman–Crippen MR) is 48.2 cm³/mol. The van der Waals surface area contributed by atoms with Crippen LogP contribution in [0.2, 0.25) is 0 Å². The summed E-state index contributed by atoms with van der Waals surface area (Å²) in [5.74, 6) is 0.942. The van der Waals surface area contributed by atoms with Gasteiger partial charge >= 0.3 is 0 Å². The Morgan fingerprint density at radius 2 is 1.82 bits per heavy atom. The van der Waals surface area contributed by atoms with Gasteiger partial charge in [0.15, 0.2) is 0 Å². The van der Waals surface area contributed by atoms with Crippen LogP contribution < -0.4 is 5.73 Å². The highest BCUT2D eigenvalue weighted by Gasteiger charge is 2.20. The SMILES string of the molecule is CC1CCC(N(C)CN)CC1. The van der Waals surface area contributed by atoms with Crippen LogP contribution in [0.15, 0.2) is 0 Å². The molecule has 11 heavy (non-hydrogen) atoms. The van der Waals surface area contributed by atoms with E-state index in [1.807, 2.05) is 0 Å². The quantitative estimate of drug-likeness (QED) is 0.613. The van der Waals surface area contributed by atoms with E-state index in [-0.39, 0.29) is 0 Å². The fourth-order valence-electron chi connectivity index (χ4n) is 1.83. The molecule has 0 radical (unpaired) electrons. The van der Waals surface area contributed by atoms with Gasteiger partial charge in [0, 0.05) is 12.7 Å². The van der Waals surface area contributed by atoms with E-state index >= 15 is 0 Å². The average Bonchev–Trinajstić information content (AvgIpc) is 2.05. The second kappa shape index (κ2) is 4.07. The van der Waals surface area contributed by atoms with Crippen LogP contribution in [0.25, 0.3) is 0 Å². The van der Waals surface area contributed by atoms with Crippen molar-refractivity contribution in [3.05, 3.63) is 0 Å². The van der Waals surface area contributed by atoms with E-state index in [1.165, 1.54) is 25.7 Å². The smallest absolute Gasteiger partial charge is 0.0455 e. The van der Waals surface area contributed by atoms with Crippen molar-refractivity contribution >= 4 is 0 Å². The Morgan fingerprint density at radius 1 is 1.27 bits per heavy atom. The van der Waals surface area contributed by atoms with Crippen LogP contribution in [0.5, 0.6) is 0 Å². The molecule has 1 aliphatic rings. The molecule has 1 fully saturated rings. The first-order chi connectivity index (χ1) is 5.24. The standard InChI is InChI=1S/C9H20N2/c1-8-3-5-9(6-4-8)11(2)7-10/h8-9H,3-7,10H2,1-2H3. The minimum Gasteiger partial charge on any atom is -0.318 e. The van der Waals surface area contributed by atoms with Gasteiger partial charge < -0.3 is 5.73 Å². The van der Waals surface area contributed by atoms with Crippen molar-refractivity contribution in [1.82, 2.24) is 4.90 Å². The molecule has 0 saturated heterocycles. The van der Waals surface area contributed by atoms with Crippen LogP contribution in [0, 0.1) is 5.92 Å². The number of nitrogens with two attached hydrogens (primary N) is 1. The van der Waals surface area contributed by atoms with Gasteiger partial charge in [0.1, 0.15) is 0 Å². The molecule has 0 aromatic rings. The maximum absolute atomic E-state index is 5.56. The van der Waals surface area contributed by atoms with Gasteiger partial charge in [0.05, 0.1) is 0 Å². The van der Waals surface area contributed by atoms with Crippen molar-refractivity contribution in [2.75, 3.05) is 13.7 Å². The minimum atomic E-state index is 0.707. The third-order valence-electron chi connectivity index (χ3n) is 2.90. The Balaban J connectivity index is 2.27. The van der Waals surface area contributed by atoms with Crippen molar-refractivity contribution in [3.8, 4) is 0 Å². The fraction of sp³-hybridized carbons (Fsp3) is 1.00. The van der Waals surface area contributed by atoms with Gasteiger partial charge in [-0.15, -0.1) is 0 Å². The van der Waals surface area contributed by atoms with Crippen LogP contribution in [-0.4, -0.2) is 24.7 Å². The number of hydrogen-bond acceptors (Lipinski definition) is 2. The highest BCUT2D eigenvalue weighted by Crippen LogP contribution is 2.25. The van der Waals surface area contributed by atoms with Crippen molar-refractivity contribution in [3.63, 3.8) is 0 Å². The summed E-state index contributed by atoms with van der Waals surface area (Å²) in [4.78, 5) is 2.27. The average molecular weight is 156 g/mol. The number of rotatable bonds is 2. The Hall–Kier alpha value is -0.0800. The van der Waals surface area contributed by atoms with Crippen molar-refractivity contribution in [2.45, 2.75) is 38.6 Å². The minimum absolute atomic E-state index is 0.707. The molecule has 0 bridgehead atoms. The van der Waals surface area contributed by atoms with Crippen molar-refractivity contribution < 1.29 is 0 Å².